The van der Waals surface area contributed by atoms with Crippen LogP contribution in [0.25, 0.3) is 0 Å². The quantitative estimate of drug-likeness (QED) is 0.511. The van der Waals surface area contributed by atoms with E-state index in [1.165, 1.54) is 23.5 Å². The lowest BCUT2D eigenvalue weighted by atomic mass is 10.2. The van der Waals surface area contributed by atoms with Gasteiger partial charge in [-0.05, 0) is 48.5 Å². The van der Waals surface area contributed by atoms with Gasteiger partial charge in [-0.1, -0.05) is 30.3 Å². The molecule has 9 heteroatoms. The molecule has 1 amide bonds. The molecule has 1 aliphatic rings. The standard InChI is InChI=1S/C24H24N2O6S/c1-30-18-11-13-20(14-12-18)33(28,29)26-17-23(32-22-10-6-5-9-21(22)26)24(27)25-15-16-31-19-7-3-2-4-8-19/h2-14,23H,15-17H2,1H3,(H,25,27)/t23-/m1/s1. The molecule has 0 unspecified atom stereocenters. The van der Waals surface area contributed by atoms with Crippen molar-refractivity contribution in [2.75, 3.05) is 31.1 Å². The zero-order valence-electron chi connectivity index (χ0n) is 18.0. The number of carbonyl (C=O) groups excluding carboxylic acids is 1. The number of anilines is 1. The van der Waals surface area contributed by atoms with E-state index in [1.54, 1.807) is 36.4 Å². The average molecular weight is 469 g/mol. The summed E-state index contributed by atoms with van der Waals surface area (Å²) in [5.74, 6) is 1.15. The molecule has 0 radical (unpaired) electrons. The van der Waals surface area contributed by atoms with Crippen LogP contribution in [0.4, 0.5) is 5.69 Å². The van der Waals surface area contributed by atoms with E-state index < -0.39 is 22.0 Å². The van der Waals surface area contributed by atoms with Gasteiger partial charge in [0.1, 0.15) is 23.9 Å². The number of rotatable bonds is 8. The molecule has 8 nitrogen and oxygen atoms in total. The maximum atomic E-state index is 13.4. The fourth-order valence-corrected chi connectivity index (χ4v) is 4.89. The lowest BCUT2D eigenvalue weighted by Gasteiger charge is -2.34. The average Bonchev–Trinajstić information content (AvgIpc) is 2.86. The minimum absolute atomic E-state index is 0.0930. The van der Waals surface area contributed by atoms with Crippen molar-refractivity contribution in [1.82, 2.24) is 5.32 Å². The van der Waals surface area contributed by atoms with Crippen LogP contribution in [0.3, 0.4) is 0 Å². The fraction of sp³-hybridized carbons (Fsp3) is 0.208. The number of ether oxygens (including phenoxy) is 3. The number of nitrogens with zero attached hydrogens (tertiary/aromatic N) is 1. The highest BCUT2D eigenvalue weighted by molar-refractivity contribution is 7.92. The number of hydrogen-bond donors (Lipinski definition) is 1. The number of methoxy groups -OCH3 is 1. The minimum Gasteiger partial charge on any atom is -0.497 e. The van der Waals surface area contributed by atoms with E-state index in [0.29, 0.717) is 22.9 Å². The van der Waals surface area contributed by atoms with Gasteiger partial charge in [0.15, 0.2) is 6.10 Å². The first kappa shape index (κ1) is 22.5. The van der Waals surface area contributed by atoms with Crippen molar-refractivity contribution in [3.63, 3.8) is 0 Å². The second-order valence-corrected chi connectivity index (χ2v) is 9.10. The summed E-state index contributed by atoms with van der Waals surface area (Å²) in [4.78, 5) is 12.9. The van der Waals surface area contributed by atoms with Crippen LogP contribution < -0.4 is 23.8 Å². The molecular weight excluding hydrogens is 444 g/mol. The molecule has 0 fully saturated rings. The maximum absolute atomic E-state index is 13.4. The molecule has 0 aromatic heterocycles. The van der Waals surface area contributed by atoms with Gasteiger partial charge in [0.25, 0.3) is 15.9 Å². The number of nitrogens with one attached hydrogen (secondary N) is 1. The first-order valence-corrected chi connectivity index (χ1v) is 11.8. The highest BCUT2D eigenvalue weighted by atomic mass is 32.2. The summed E-state index contributed by atoms with van der Waals surface area (Å²) in [5.41, 5.74) is 0.379. The first-order valence-electron chi connectivity index (χ1n) is 10.4. The first-order chi connectivity index (χ1) is 16.0. The van der Waals surface area contributed by atoms with E-state index in [9.17, 15) is 13.2 Å². The van der Waals surface area contributed by atoms with Crippen LogP contribution >= 0.6 is 0 Å². The Morgan fingerprint density at radius 2 is 1.70 bits per heavy atom. The number of para-hydroxylation sites is 3. The number of hydrogen-bond acceptors (Lipinski definition) is 6. The Labute approximate surface area is 192 Å². The van der Waals surface area contributed by atoms with E-state index in [4.69, 9.17) is 14.2 Å². The molecule has 3 aromatic rings. The summed E-state index contributed by atoms with van der Waals surface area (Å²) in [6.07, 6.45) is -1.01. The summed E-state index contributed by atoms with van der Waals surface area (Å²) >= 11 is 0. The van der Waals surface area contributed by atoms with Crippen molar-refractivity contribution in [3.05, 3.63) is 78.9 Å². The number of amides is 1. The van der Waals surface area contributed by atoms with E-state index in [0.717, 1.165) is 0 Å². The summed E-state index contributed by atoms with van der Waals surface area (Å²) in [6, 6.07) is 22.1. The smallest absolute Gasteiger partial charge is 0.264 e. The van der Waals surface area contributed by atoms with Crippen LogP contribution in [-0.4, -0.2) is 47.2 Å². The molecule has 4 rings (SSSR count). The van der Waals surface area contributed by atoms with Crippen LogP contribution in [0.5, 0.6) is 17.2 Å². The van der Waals surface area contributed by atoms with Crippen molar-refractivity contribution in [3.8, 4) is 17.2 Å². The molecule has 0 spiro atoms. The van der Waals surface area contributed by atoms with Gasteiger partial charge in [-0.2, -0.15) is 0 Å². The summed E-state index contributed by atoms with van der Waals surface area (Å²) < 4.78 is 44.6. The Morgan fingerprint density at radius 3 is 2.42 bits per heavy atom. The van der Waals surface area contributed by atoms with Crippen molar-refractivity contribution < 1.29 is 27.4 Å². The molecule has 0 saturated heterocycles. The Bertz CT molecular complexity index is 1200. The number of fused-ring (bicyclic) bond motifs is 1. The molecule has 0 saturated carbocycles. The van der Waals surface area contributed by atoms with E-state index >= 15 is 0 Å². The SMILES string of the molecule is COc1ccc(S(=O)(=O)N2C[C@H](C(=O)NCCOc3ccccc3)Oc3ccccc32)cc1. The van der Waals surface area contributed by atoms with Gasteiger partial charge in [0, 0.05) is 0 Å². The van der Waals surface area contributed by atoms with Gasteiger partial charge in [0.2, 0.25) is 0 Å². The molecule has 1 heterocycles. The Balaban J connectivity index is 1.48. The van der Waals surface area contributed by atoms with Gasteiger partial charge in [-0.15, -0.1) is 0 Å². The third-order valence-corrected chi connectivity index (χ3v) is 6.88. The molecule has 1 aliphatic heterocycles. The van der Waals surface area contributed by atoms with Crippen molar-refractivity contribution in [2.45, 2.75) is 11.0 Å². The lowest BCUT2D eigenvalue weighted by molar-refractivity contribution is -0.127. The number of sulfonamides is 1. The minimum atomic E-state index is -3.93. The molecule has 1 N–H and O–H groups in total. The monoisotopic (exact) mass is 468 g/mol. The zero-order valence-corrected chi connectivity index (χ0v) is 18.8. The van der Waals surface area contributed by atoms with Crippen LogP contribution in [-0.2, 0) is 14.8 Å². The Hall–Kier alpha value is -3.72. The third kappa shape index (κ3) is 5.04. The molecule has 1 atom stereocenters. The molecular formula is C24H24N2O6S. The second kappa shape index (κ2) is 9.83. The summed E-state index contributed by atoms with van der Waals surface area (Å²) in [7, 11) is -2.43. The van der Waals surface area contributed by atoms with Crippen LogP contribution in [0, 0.1) is 0 Å². The summed E-state index contributed by atoms with van der Waals surface area (Å²) in [6.45, 7) is 0.365. The van der Waals surface area contributed by atoms with Crippen LogP contribution in [0.2, 0.25) is 0 Å². The second-order valence-electron chi connectivity index (χ2n) is 7.24. The van der Waals surface area contributed by atoms with Crippen LogP contribution in [0.15, 0.2) is 83.8 Å². The van der Waals surface area contributed by atoms with Crippen molar-refractivity contribution >= 4 is 21.6 Å². The van der Waals surface area contributed by atoms with Crippen molar-refractivity contribution in [2.24, 2.45) is 0 Å². The van der Waals surface area contributed by atoms with E-state index in [2.05, 4.69) is 5.32 Å². The molecule has 3 aromatic carbocycles. The highest BCUT2D eigenvalue weighted by Gasteiger charge is 2.37. The Kier molecular flexibility index (Phi) is 6.69. The molecule has 0 aliphatic carbocycles. The molecule has 0 bridgehead atoms. The number of benzene rings is 3. The third-order valence-electron chi connectivity index (χ3n) is 5.09. The normalized spacial score (nSPS) is 15.2. The van der Waals surface area contributed by atoms with Gasteiger partial charge in [-0.3, -0.25) is 9.10 Å². The largest absolute Gasteiger partial charge is 0.497 e. The van der Waals surface area contributed by atoms with E-state index in [1.807, 2.05) is 30.3 Å². The lowest BCUT2D eigenvalue weighted by Crippen LogP contribution is -2.51. The van der Waals surface area contributed by atoms with Crippen molar-refractivity contribution in [1.29, 1.82) is 0 Å². The predicted molar refractivity (Wildman–Crippen MR) is 123 cm³/mol. The topological polar surface area (TPSA) is 94.2 Å². The highest BCUT2D eigenvalue weighted by Crippen LogP contribution is 2.37. The Morgan fingerprint density at radius 1 is 1.00 bits per heavy atom. The van der Waals surface area contributed by atoms with Gasteiger partial charge >= 0.3 is 0 Å². The fourth-order valence-electron chi connectivity index (χ4n) is 3.41. The maximum Gasteiger partial charge on any atom is 0.264 e. The van der Waals surface area contributed by atoms with Crippen LogP contribution in [0.1, 0.15) is 0 Å². The van der Waals surface area contributed by atoms with Gasteiger partial charge in [-0.25, -0.2) is 8.42 Å². The van der Waals surface area contributed by atoms with Gasteiger partial charge < -0.3 is 19.5 Å². The summed E-state index contributed by atoms with van der Waals surface area (Å²) in [5, 5.41) is 2.75. The number of carbonyl (C=O) groups is 1. The molecule has 172 valence electrons. The zero-order chi connectivity index (χ0) is 23.3. The van der Waals surface area contributed by atoms with E-state index in [-0.39, 0.29) is 24.6 Å². The predicted octanol–water partition coefficient (Wildman–Crippen LogP) is 2.85. The van der Waals surface area contributed by atoms with Gasteiger partial charge in [0.05, 0.1) is 30.8 Å². The molecule has 33 heavy (non-hydrogen) atoms.